The van der Waals surface area contributed by atoms with Crippen molar-refractivity contribution in [1.82, 2.24) is 9.97 Å². The first-order chi connectivity index (χ1) is 9.74. The molecule has 2 aromatic rings. The van der Waals surface area contributed by atoms with Gasteiger partial charge in [-0.1, -0.05) is 28.9 Å². The van der Waals surface area contributed by atoms with Crippen LogP contribution in [-0.4, -0.2) is 27.5 Å². The molecule has 2 N–H and O–H groups in total. The quantitative estimate of drug-likeness (QED) is 0.503. The average Bonchev–Trinajstić information content (AvgIpc) is 2.53. The molecule has 0 amide bonds. The number of hydrogen-bond donors (Lipinski definition) is 2. The molecule has 0 radical (unpaired) electrons. The Morgan fingerprint density at radius 2 is 2.00 bits per heavy atom. The largest absolute Gasteiger partial charge is 0.497 e. The molecular formula is C13H13ClN4O2. The molecule has 0 unspecified atom stereocenters. The Labute approximate surface area is 121 Å². The van der Waals surface area contributed by atoms with Crippen molar-refractivity contribution in [2.75, 3.05) is 12.4 Å². The van der Waals surface area contributed by atoms with E-state index in [9.17, 15) is 0 Å². The minimum absolute atomic E-state index is 0.115. The lowest BCUT2D eigenvalue weighted by molar-refractivity contribution is 0.320. The fourth-order valence-corrected chi connectivity index (χ4v) is 1.73. The van der Waals surface area contributed by atoms with Gasteiger partial charge in [-0.2, -0.15) is 0 Å². The van der Waals surface area contributed by atoms with E-state index in [1.165, 1.54) is 12.4 Å². The molecule has 7 heteroatoms. The number of aromatic nitrogens is 2. The van der Waals surface area contributed by atoms with Crippen molar-refractivity contribution in [3.63, 3.8) is 0 Å². The van der Waals surface area contributed by atoms with E-state index < -0.39 is 0 Å². The lowest BCUT2D eigenvalue weighted by atomic mass is 10.2. The zero-order valence-electron chi connectivity index (χ0n) is 10.7. The van der Waals surface area contributed by atoms with Crippen LogP contribution in [-0.2, 0) is 6.54 Å². The Morgan fingerprint density at radius 1 is 1.30 bits per heavy atom. The van der Waals surface area contributed by atoms with Crippen LogP contribution in [0.25, 0.3) is 0 Å². The normalized spacial score (nSPS) is 11.2. The molecule has 104 valence electrons. The molecule has 20 heavy (non-hydrogen) atoms. The van der Waals surface area contributed by atoms with Gasteiger partial charge in [0.15, 0.2) is 11.0 Å². The fourth-order valence-electron chi connectivity index (χ4n) is 1.59. The molecule has 0 saturated heterocycles. The zero-order chi connectivity index (χ0) is 14.4. The zero-order valence-corrected chi connectivity index (χ0v) is 11.5. The predicted molar refractivity (Wildman–Crippen MR) is 76.5 cm³/mol. The summed E-state index contributed by atoms with van der Waals surface area (Å²) < 4.78 is 5.09. The summed E-state index contributed by atoms with van der Waals surface area (Å²) in [5.74, 6) is 1.25. The average molecular weight is 293 g/mol. The predicted octanol–water partition coefficient (Wildman–Crippen LogP) is 2.47. The second kappa shape index (κ2) is 6.72. The maximum Gasteiger partial charge on any atom is 0.197 e. The van der Waals surface area contributed by atoms with Crippen molar-refractivity contribution in [2.24, 2.45) is 5.16 Å². The molecule has 1 heterocycles. The van der Waals surface area contributed by atoms with E-state index in [0.717, 1.165) is 11.3 Å². The van der Waals surface area contributed by atoms with Gasteiger partial charge < -0.3 is 15.3 Å². The van der Waals surface area contributed by atoms with E-state index in [-0.39, 0.29) is 5.17 Å². The van der Waals surface area contributed by atoms with Gasteiger partial charge in [-0.05, 0) is 17.7 Å². The summed E-state index contributed by atoms with van der Waals surface area (Å²) in [4.78, 5) is 8.14. The van der Waals surface area contributed by atoms with E-state index >= 15 is 0 Å². The van der Waals surface area contributed by atoms with Crippen molar-refractivity contribution < 1.29 is 9.94 Å². The van der Waals surface area contributed by atoms with E-state index in [2.05, 4.69) is 20.4 Å². The number of nitrogens with zero attached hydrogens (tertiary/aromatic N) is 3. The number of oxime groups is 1. The molecule has 0 aliphatic carbocycles. The third-order valence-corrected chi connectivity index (χ3v) is 2.86. The second-order valence-electron chi connectivity index (χ2n) is 3.85. The van der Waals surface area contributed by atoms with Gasteiger partial charge in [-0.25, -0.2) is 9.97 Å². The smallest absolute Gasteiger partial charge is 0.197 e. The molecule has 0 spiro atoms. The molecule has 0 fully saturated rings. The van der Waals surface area contributed by atoms with Gasteiger partial charge in [0.2, 0.25) is 0 Å². The van der Waals surface area contributed by atoms with Crippen molar-refractivity contribution >= 4 is 22.6 Å². The highest BCUT2D eigenvalue weighted by atomic mass is 35.5. The molecule has 0 aliphatic rings. The van der Waals surface area contributed by atoms with E-state index in [1.807, 2.05) is 24.3 Å². The summed E-state index contributed by atoms with van der Waals surface area (Å²) in [6.45, 7) is 0.533. The Hall–Kier alpha value is -2.34. The first kappa shape index (κ1) is 14.1. The van der Waals surface area contributed by atoms with E-state index in [4.69, 9.17) is 21.5 Å². The van der Waals surface area contributed by atoms with Gasteiger partial charge in [0.1, 0.15) is 11.4 Å². The number of methoxy groups -OCH3 is 1. The lowest BCUT2D eigenvalue weighted by Gasteiger charge is -2.09. The van der Waals surface area contributed by atoms with Gasteiger partial charge in [0, 0.05) is 18.9 Å². The highest BCUT2D eigenvalue weighted by Crippen LogP contribution is 2.15. The van der Waals surface area contributed by atoms with Crippen LogP contribution in [0.2, 0.25) is 0 Å². The van der Waals surface area contributed by atoms with Gasteiger partial charge in [0.25, 0.3) is 0 Å². The van der Waals surface area contributed by atoms with Gasteiger partial charge in [0.05, 0.1) is 7.11 Å². The van der Waals surface area contributed by atoms with Gasteiger partial charge in [-0.3, -0.25) is 0 Å². The van der Waals surface area contributed by atoms with Crippen molar-refractivity contribution in [3.8, 4) is 5.75 Å². The first-order valence-corrected chi connectivity index (χ1v) is 6.18. The monoisotopic (exact) mass is 292 g/mol. The summed E-state index contributed by atoms with van der Waals surface area (Å²) >= 11 is 5.76. The Morgan fingerprint density at radius 3 is 2.65 bits per heavy atom. The first-order valence-electron chi connectivity index (χ1n) is 5.80. The minimum Gasteiger partial charge on any atom is -0.497 e. The van der Waals surface area contributed by atoms with Crippen LogP contribution in [0.15, 0.2) is 41.8 Å². The van der Waals surface area contributed by atoms with Crippen molar-refractivity contribution in [1.29, 1.82) is 0 Å². The summed E-state index contributed by atoms with van der Waals surface area (Å²) in [6, 6.07) is 7.61. The van der Waals surface area contributed by atoms with Crippen LogP contribution < -0.4 is 10.1 Å². The fraction of sp³-hybridized carbons (Fsp3) is 0.154. The van der Waals surface area contributed by atoms with Crippen LogP contribution in [0.4, 0.5) is 5.82 Å². The van der Waals surface area contributed by atoms with Crippen LogP contribution in [0.5, 0.6) is 5.75 Å². The molecular weight excluding hydrogens is 280 g/mol. The molecule has 1 aromatic carbocycles. The third-order valence-electron chi connectivity index (χ3n) is 2.60. The van der Waals surface area contributed by atoms with Crippen LogP contribution >= 0.6 is 11.6 Å². The summed E-state index contributed by atoms with van der Waals surface area (Å²) in [5, 5.41) is 14.6. The number of benzene rings is 1. The topological polar surface area (TPSA) is 79.6 Å². The summed E-state index contributed by atoms with van der Waals surface area (Å²) in [5.41, 5.74) is 1.34. The third kappa shape index (κ3) is 3.36. The van der Waals surface area contributed by atoms with Crippen LogP contribution in [0.1, 0.15) is 11.3 Å². The molecule has 6 nitrogen and oxygen atoms in total. The van der Waals surface area contributed by atoms with Crippen molar-refractivity contribution in [3.05, 3.63) is 47.9 Å². The molecule has 0 bridgehead atoms. The number of anilines is 1. The Kier molecular flexibility index (Phi) is 4.73. The number of rotatable bonds is 5. The van der Waals surface area contributed by atoms with Gasteiger partial charge >= 0.3 is 0 Å². The SMILES string of the molecule is COc1ccc(CNc2nccnc2C(Cl)=NO)cc1. The highest BCUT2D eigenvalue weighted by molar-refractivity contribution is 6.69. The maximum atomic E-state index is 8.70. The van der Waals surface area contributed by atoms with Gasteiger partial charge in [-0.15, -0.1) is 0 Å². The second-order valence-corrected chi connectivity index (χ2v) is 4.20. The maximum absolute atomic E-state index is 8.70. The molecule has 1 aromatic heterocycles. The number of nitrogens with one attached hydrogen (secondary N) is 1. The van der Waals surface area contributed by atoms with E-state index in [1.54, 1.807) is 7.11 Å². The summed E-state index contributed by atoms with van der Waals surface area (Å²) in [7, 11) is 1.62. The lowest BCUT2D eigenvalue weighted by Crippen LogP contribution is -2.08. The van der Waals surface area contributed by atoms with Crippen LogP contribution in [0, 0.1) is 0 Å². The Balaban J connectivity index is 2.10. The molecule has 0 saturated carbocycles. The standard InChI is InChI=1S/C13H13ClN4O2/c1-20-10-4-2-9(3-5-10)8-17-13-11(12(14)18-19)15-6-7-16-13/h2-7,19H,8H2,1H3,(H,16,17). The van der Waals surface area contributed by atoms with E-state index in [0.29, 0.717) is 18.1 Å². The Bertz CT molecular complexity index is 602. The molecule has 0 aliphatic heterocycles. The number of ether oxygens (including phenoxy) is 1. The minimum atomic E-state index is -0.115. The highest BCUT2D eigenvalue weighted by Gasteiger charge is 2.10. The summed E-state index contributed by atoms with van der Waals surface area (Å²) in [6.07, 6.45) is 3.00. The van der Waals surface area contributed by atoms with Crippen LogP contribution in [0.3, 0.4) is 0 Å². The molecule has 0 atom stereocenters. The van der Waals surface area contributed by atoms with Crippen molar-refractivity contribution in [2.45, 2.75) is 6.54 Å². The number of halogens is 1. The molecule has 2 rings (SSSR count). The number of hydrogen-bond acceptors (Lipinski definition) is 6.